The van der Waals surface area contributed by atoms with Crippen LogP contribution in [0.1, 0.15) is 92.4 Å². The predicted octanol–water partition coefficient (Wildman–Crippen LogP) is 5.28. The Bertz CT molecular complexity index is 409. The Morgan fingerprint density at radius 2 is 1.56 bits per heavy atom. The van der Waals surface area contributed by atoms with Gasteiger partial charge in [-0.2, -0.15) is 0 Å². The molecule has 2 atom stereocenters. The normalized spacial score (nSPS) is 21.2. The molecule has 0 amide bonds. The van der Waals surface area contributed by atoms with E-state index in [1.807, 2.05) is 20.8 Å². The van der Waals surface area contributed by atoms with Crippen molar-refractivity contribution in [3.8, 4) is 0 Å². The third-order valence-electron chi connectivity index (χ3n) is 4.67. The quantitative estimate of drug-likeness (QED) is 0.417. The number of ether oxygens (including phenoxy) is 2. The van der Waals surface area contributed by atoms with Gasteiger partial charge in [-0.25, -0.2) is 0 Å². The first-order valence-corrected chi connectivity index (χ1v) is 10.1. The second-order valence-electron chi connectivity index (χ2n) is 8.86. The van der Waals surface area contributed by atoms with Gasteiger partial charge in [0.05, 0.1) is 18.4 Å². The van der Waals surface area contributed by atoms with Crippen molar-refractivity contribution < 1.29 is 19.1 Å². The van der Waals surface area contributed by atoms with Crippen molar-refractivity contribution in [2.45, 2.75) is 98.0 Å². The molecule has 1 fully saturated rings. The zero-order valence-corrected chi connectivity index (χ0v) is 16.9. The summed E-state index contributed by atoms with van der Waals surface area (Å²) in [4.78, 5) is 24.5. The van der Waals surface area contributed by atoms with E-state index < -0.39 is 5.60 Å². The number of hydrogen-bond acceptors (Lipinski definition) is 4. The van der Waals surface area contributed by atoms with Gasteiger partial charge in [0, 0.05) is 0 Å². The van der Waals surface area contributed by atoms with Gasteiger partial charge in [0.2, 0.25) is 0 Å². The summed E-state index contributed by atoms with van der Waals surface area (Å²) in [5, 5.41) is 0. The molecule has 0 spiro atoms. The molecule has 0 radical (unpaired) electrons. The Morgan fingerprint density at radius 3 is 2.16 bits per heavy atom. The van der Waals surface area contributed by atoms with Crippen molar-refractivity contribution in [2.24, 2.45) is 17.8 Å². The van der Waals surface area contributed by atoms with Crippen molar-refractivity contribution in [3.63, 3.8) is 0 Å². The molecule has 4 nitrogen and oxygen atoms in total. The van der Waals surface area contributed by atoms with Crippen LogP contribution in [0.25, 0.3) is 0 Å². The van der Waals surface area contributed by atoms with E-state index in [1.165, 1.54) is 19.3 Å². The number of esters is 2. The van der Waals surface area contributed by atoms with Crippen LogP contribution >= 0.6 is 0 Å². The topological polar surface area (TPSA) is 52.6 Å². The smallest absolute Gasteiger partial charge is 0.309 e. The zero-order valence-electron chi connectivity index (χ0n) is 16.9. The summed E-state index contributed by atoms with van der Waals surface area (Å²) in [5.74, 6) is 0.154. The summed E-state index contributed by atoms with van der Waals surface area (Å²) in [5.41, 5.74) is -0.472. The molecule has 0 heterocycles. The van der Waals surface area contributed by atoms with E-state index in [1.54, 1.807) is 0 Å². The molecule has 0 aliphatic heterocycles. The van der Waals surface area contributed by atoms with Gasteiger partial charge in [0.1, 0.15) is 5.60 Å². The molecule has 1 rings (SSSR count). The summed E-state index contributed by atoms with van der Waals surface area (Å²) in [6.07, 6.45) is 8.89. The van der Waals surface area contributed by atoms with Gasteiger partial charge in [-0.05, 0) is 52.4 Å². The van der Waals surface area contributed by atoms with Gasteiger partial charge in [-0.1, -0.05) is 46.0 Å². The van der Waals surface area contributed by atoms with Gasteiger partial charge in [0.15, 0.2) is 0 Å². The largest absolute Gasteiger partial charge is 0.465 e. The highest BCUT2D eigenvalue weighted by atomic mass is 16.6. The predicted molar refractivity (Wildman–Crippen MR) is 100 cm³/mol. The first-order chi connectivity index (χ1) is 11.7. The molecule has 1 aliphatic carbocycles. The van der Waals surface area contributed by atoms with E-state index in [0.717, 1.165) is 38.0 Å². The molecule has 0 bridgehead atoms. The minimum atomic E-state index is -0.472. The first-order valence-electron chi connectivity index (χ1n) is 10.1. The Balaban J connectivity index is 2.23. The summed E-state index contributed by atoms with van der Waals surface area (Å²) < 4.78 is 10.9. The van der Waals surface area contributed by atoms with Crippen LogP contribution < -0.4 is 0 Å². The lowest BCUT2D eigenvalue weighted by atomic mass is 9.81. The molecular formula is C21H38O4. The van der Waals surface area contributed by atoms with Crippen LogP contribution in [0, 0.1) is 17.8 Å². The van der Waals surface area contributed by atoms with Gasteiger partial charge in [-0.3, -0.25) is 9.59 Å². The van der Waals surface area contributed by atoms with Crippen LogP contribution in [0.5, 0.6) is 0 Å². The molecule has 0 aromatic heterocycles. The number of unbranched alkanes of at least 4 members (excludes halogenated alkanes) is 3. The molecule has 25 heavy (non-hydrogen) atoms. The van der Waals surface area contributed by atoms with E-state index in [-0.39, 0.29) is 23.8 Å². The molecule has 0 aromatic rings. The van der Waals surface area contributed by atoms with E-state index >= 15 is 0 Å². The highest BCUT2D eigenvalue weighted by molar-refractivity contribution is 5.76. The molecule has 0 saturated heterocycles. The first kappa shape index (κ1) is 22.0. The Hall–Kier alpha value is -1.06. The zero-order chi connectivity index (χ0) is 18.9. The van der Waals surface area contributed by atoms with Gasteiger partial charge in [-0.15, -0.1) is 0 Å². The van der Waals surface area contributed by atoms with E-state index in [9.17, 15) is 9.59 Å². The fourth-order valence-electron chi connectivity index (χ4n) is 3.30. The Morgan fingerprint density at radius 1 is 0.960 bits per heavy atom. The molecular weight excluding hydrogens is 316 g/mol. The van der Waals surface area contributed by atoms with E-state index in [4.69, 9.17) is 9.47 Å². The lowest BCUT2D eigenvalue weighted by molar-refractivity contribution is -0.163. The number of rotatable bonds is 9. The summed E-state index contributed by atoms with van der Waals surface area (Å²) in [6.45, 7) is 10.6. The maximum absolute atomic E-state index is 12.3. The minimum Gasteiger partial charge on any atom is -0.465 e. The maximum Gasteiger partial charge on any atom is 0.309 e. The average molecular weight is 355 g/mol. The molecule has 4 heteroatoms. The second kappa shape index (κ2) is 10.8. The van der Waals surface area contributed by atoms with Gasteiger partial charge in [0.25, 0.3) is 0 Å². The highest BCUT2D eigenvalue weighted by Gasteiger charge is 2.34. The van der Waals surface area contributed by atoms with Crippen LogP contribution in [-0.2, 0) is 19.1 Å². The summed E-state index contributed by atoms with van der Waals surface area (Å²) in [7, 11) is 0. The van der Waals surface area contributed by atoms with Gasteiger partial charge >= 0.3 is 11.9 Å². The van der Waals surface area contributed by atoms with Crippen LogP contribution in [-0.4, -0.2) is 24.1 Å². The monoisotopic (exact) mass is 354 g/mol. The third-order valence-corrected chi connectivity index (χ3v) is 4.67. The fraction of sp³-hybridized carbons (Fsp3) is 0.905. The lowest BCUT2D eigenvalue weighted by Gasteiger charge is -2.29. The SMILES string of the molecule is CC(C)CCCCCCOC(=O)C1CCCC(C(=O)OC(C)(C)C)C1. The van der Waals surface area contributed by atoms with Crippen LogP contribution in [0.3, 0.4) is 0 Å². The minimum absolute atomic E-state index is 0.129. The molecule has 1 aliphatic rings. The molecule has 0 aromatic carbocycles. The summed E-state index contributed by atoms with van der Waals surface area (Å²) >= 11 is 0. The van der Waals surface area contributed by atoms with Crippen molar-refractivity contribution in [3.05, 3.63) is 0 Å². The van der Waals surface area contributed by atoms with Crippen molar-refractivity contribution in [2.75, 3.05) is 6.61 Å². The van der Waals surface area contributed by atoms with E-state index in [2.05, 4.69) is 13.8 Å². The third kappa shape index (κ3) is 9.86. The Labute approximate surface area is 154 Å². The Kier molecular flexibility index (Phi) is 9.52. The number of hydrogen-bond donors (Lipinski definition) is 0. The fourth-order valence-corrected chi connectivity index (χ4v) is 3.30. The van der Waals surface area contributed by atoms with Crippen LogP contribution in [0.15, 0.2) is 0 Å². The molecule has 2 unspecified atom stereocenters. The van der Waals surface area contributed by atoms with Crippen molar-refractivity contribution in [1.29, 1.82) is 0 Å². The maximum atomic E-state index is 12.3. The standard InChI is InChI=1S/C21H38O4/c1-16(2)11-8-6-7-9-14-24-19(22)17-12-10-13-18(15-17)20(23)25-21(3,4)5/h16-18H,6-15H2,1-5H3. The molecule has 146 valence electrons. The molecule has 0 N–H and O–H groups in total. The molecule has 1 saturated carbocycles. The second-order valence-corrected chi connectivity index (χ2v) is 8.86. The van der Waals surface area contributed by atoms with Crippen molar-refractivity contribution in [1.82, 2.24) is 0 Å². The lowest BCUT2D eigenvalue weighted by Crippen LogP contribution is -2.33. The number of carbonyl (C=O) groups excluding carboxylic acids is 2. The highest BCUT2D eigenvalue weighted by Crippen LogP contribution is 2.31. The summed E-state index contributed by atoms with van der Waals surface area (Å²) in [6, 6.07) is 0. The van der Waals surface area contributed by atoms with Crippen LogP contribution in [0.2, 0.25) is 0 Å². The van der Waals surface area contributed by atoms with Crippen molar-refractivity contribution >= 4 is 11.9 Å². The van der Waals surface area contributed by atoms with Crippen LogP contribution in [0.4, 0.5) is 0 Å². The van der Waals surface area contributed by atoms with Gasteiger partial charge < -0.3 is 9.47 Å². The number of carbonyl (C=O) groups is 2. The average Bonchev–Trinajstić information content (AvgIpc) is 2.52. The van der Waals surface area contributed by atoms with E-state index in [0.29, 0.717) is 13.0 Å².